The molecule has 0 aromatic carbocycles. The molecule has 0 amide bonds. The Morgan fingerprint density at radius 2 is 2.11 bits per heavy atom. The summed E-state index contributed by atoms with van der Waals surface area (Å²) in [6, 6.07) is 0. The summed E-state index contributed by atoms with van der Waals surface area (Å²) in [6.07, 6.45) is 6.44. The Hall–Kier alpha value is -1.05. The largest absolute Gasteiger partial charge is 0.398 e. The van der Waals surface area contributed by atoms with Crippen LogP contribution in [-0.4, -0.2) is 6.29 Å². The number of carbonyl (C=O) groups is 1. The lowest BCUT2D eigenvalue weighted by Crippen LogP contribution is -2.04. The van der Waals surface area contributed by atoms with Gasteiger partial charge in [-0.1, -0.05) is 12.2 Å². The summed E-state index contributed by atoms with van der Waals surface area (Å²) in [5.74, 6) is 0. The van der Waals surface area contributed by atoms with Crippen molar-refractivity contribution in [1.29, 1.82) is 0 Å². The SMILES string of the molecule is NC1=CCCC=C1C=O. The minimum Gasteiger partial charge on any atom is -0.398 e. The van der Waals surface area contributed by atoms with E-state index in [1.54, 1.807) is 0 Å². The summed E-state index contributed by atoms with van der Waals surface area (Å²) in [5, 5.41) is 0. The molecule has 1 aliphatic carbocycles. The van der Waals surface area contributed by atoms with E-state index >= 15 is 0 Å². The highest BCUT2D eigenvalue weighted by atomic mass is 16.1. The lowest BCUT2D eigenvalue weighted by molar-refractivity contribution is -0.104. The predicted octanol–water partition coefficient (Wildman–Crippen LogP) is 0.748. The predicted molar refractivity (Wildman–Crippen MR) is 35.7 cm³/mol. The first-order valence-corrected chi connectivity index (χ1v) is 2.96. The minimum absolute atomic E-state index is 0.622. The third kappa shape index (κ3) is 1.19. The molecule has 0 bridgehead atoms. The summed E-state index contributed by atoms with van der Waals surface area (Å²) in [4.78, 5) is 10.2. The molecule has 48 valence electrons. The zero-order valence-corrected chi connectivity index (χ0v) is 5.13. The molecular weight excluding hydrogens is 114 g/mol. The van der Waals surface area contributed by atoms with Gasteiger partial charge in [-0.15, -0.1) is 0 Å². The van der Waals surface area contributed by atoms with Crippen LogP contribution in [0.2, 0.25) is 0 Å². The van der Waals surface area contributed by atoms with Crippen LogP contribution in [0, 0.1) is 0 Å². The quantitative estimate of drug-likeness (QED) is 0.523. The van der Waals surface area contributed by atoms with Crippen molar-refractivity contribution in [3.63, 3.8) is 0 Å². The van der Waals surface area contributed by atoms with Crippen LogP contribution >= 0.6 is 0 Å². The number of nitrogens with two attached hydrogens (primary N) is 1. The molecule has 9 heavy (non-hydrogen) atoms. The van der Waals surface area contributed by atoms with E-state index in [0.29, 0.717) is 11.3 Å². The van der Waals surface area contributed by atoms with Gasteiger partial charge >= 0.3 is 0 Å². The highest BCUT2D eigenvalue weighted by Crippen LogP contribution is 2.11. The van der Waals surface area contributed by atoms with Crippen LogP contribution in [0.3, 0.4) is 0 Å². The fourth-order valence-electron chi connectivity index (χ4n) is 0.830. The van der Waals surface area contributed by atoms with Crippen LogP contribution in [-0.2, 0) is 4.79 Å². The topological polar surface area (TPSA) is 43.1 Å². The molecule has 0 saturated carbocycles. The molecule has 2 heteroatoms. The second kappa shape index (κ2) is 2.49. The second-order valence-corrected chi connectivity index (χ2v) is 2.01. The van der Waals surface area contributed by atoms with Gasteiger partial charge in [0, 0.05) is 11.3 Å². The van der Waals surface area contributed by atoms with Crippen molar-refractivity contribution in [2.75, 3.05) is 0 Å². The highest BCUT2D eigenvalue weighted by Gasteiger charge is 2.01. The van der Waals surface area contributed by atoms with Gasteiger partial charge in [-0.2, -0.15) is 0 Å². The molecule has 0 aromatic rings. The fraction of sp³-hybridized carbons (Fsp3) is 0.286. The zero-order valence-electron chi connectivity index (χ0n) is 5.13. The standard InChI is InChI=1S/C7H9NO/c8-7-4-2-1-3-6(7)5-9/h3-5H,1-2,8H2. The Kier molecular flexibility index (Phi) is 1.68. The number of aldehydes is 1. The number of hydrogen-bond acceptors (Lipinski definition) is 2. The molecule has 2 N–H and O–H groups in total. The lowest BCUT2D eigenvalue weighted by atomic mass is 10.1. The third-order valence-electron chi connectivity index (χ3n) is 1.36. The smallest absolute Gasteiger partial charge is 0.151 e. The monoisotopic (exact) mass is 123 g/mol. The Morgan fingerprint density at radius 3 is 2.56 bits per heavy atom. The van der Waals surface area contributed by atoms with Crippen molar-refractivity contribution in [3.8, 4) is 0 Å². The van der Waals surface area contributed by atoms with E-state index in [9.17, 15) is 4.79 Å². The van der Waals surface area contributed by atoms with E-state index in [1.807, 2.05) is 12.2 Å². The van der Waals surface area contributed by atoms with Crippen LogP contribution in [0.25, 0.3) is 0 Å². The first-order chi connectivity index (χ1) is 4.34. The molecule has 0 saturated heterocycles. The Balaban J connectivity index is 2.79. The maximum absolute atomic E-state index is 10.2. The zero-order chi connectivity index (χ0) is 6.69. The first kappa shape index (κ1) is 6.08. The van der Waals surface area contributed by atoms with Gasteiger partial charge in [-0.3, -0.25) is 4.79 Å². The average molecular weight is 123 g/mol. The van der Waals surface area contributed by atoms with Gasteiger partial charge in [0.05, 0.1) is 0 Å². The van der Waals surface area contributed by atoms with Crippen LogP contribution in [0.4, 0.5) is 0 Å². The number of rotatable bonds is 1. The summed E-state index contributed by atoms with van der Waals surface area (Å²) < 4.78 is 0. The fourth-order valence-corrected chi connectivity index (χ4v) is 0.830. The average Bonchev–Trinajstić information content (AvgIpc) is 1.89. The van der Waals surface area contributed by atoms with Crippen LogP contribution in [0.5, 0.6) is 0 Å². The Morgan fingerprint density at radius 1 is 1.44 bits per heavy atom. The molecule has 0 radical (unpaired) electrons. The molecule has 1 aliphatic rings. The van der Waals surface area contributed by atoms with E-state index < -0.39 is 0 Å². The van der Waals surface area contributed by atoms with Gasteiger partial charge in [0.25, 0.3) is 0 Å². The molecule has 0 heterocycles. The Labute approximate surface area is 54.0 Å². The summed E-state index contributed by atoms with van der Waals surface area (Å²) in [7, 11) is 0. The van der Waals surface area contributed by atoms with Crippen LogP contribution in [0.1, 0.15) is 12.8 Å². The van der Waals surface area contributed by atoms with Crippen LogP contribution < -0.4 is 5.73 Å². The van der Waals surface area contributed by atoms with Crippen LogP contribution in [0.15, 0.2) is 23.4 Å². The van der Waals surface area contributed by atoms with Gasteiger partial charge in [0.2, 0.25) is 0 Å². The van der Waals surface area contributed by atoms with Crippen molar-refractivity contribution in [2.45, 2.75) is 12.8 Å². The summed E-state index contributed by atoms with van der Waals surface area (Å²) in [5.41, 5.74) is 6.71. The molecular formula is C7H9NO. The van der Waals surface area contributed by atoms with Crippen molar-refractivity contribution in [3.05, 3.63) is 23.4 Å². The molecule has 0 aliphatic heterocycles. The van der Waals surface area contributed by atoms with Crippen molar-refractivity contribution >= 4 is 6.29 Å². The summed E-state index contributed by atoms with van der Waals surface area (Å²) in [6.45, 7) is 0. The van der Waals surface area contributed by atoms with Gasteiger partial charge in [-0.25, -0.2) is 0 Å². The Bertz CT molecular complexity index is 179. The molecule has 0 aromatic heterocycles. The van der Waals surface area contributed by atoms with Gasteiger partial charge in [0.15, 0.2) is 6.29 Å². The van der Waals surface area contributed by atoms with Gasteiger partial charge < -0.3 is 5.73 Å². The molecule has 1 rings (SSSR count). The van der Waals surface area contributed by atoms with E-state index in [2.05, 4.69) is 0 Å². The van der Waals surface area contributed by atoms with Crippen molar-refractivity contribution in [2.24, 2.45) is 5.73 Å². The number of carbonyl (C=O) groups excluding carboxylic acids is 1. The molecule has 0 spiro atoms. The molecule has 0 fully saturated rings. The van der Waals surface area contributed by atoms with E-state index in [1.165, 1.54) is 0 Å². The first-order valence-electron chi connectivity index (χ1n) is 2.96. The van der Waals surface area contributed by atoms with Gasteiger partial charge in [0.1, 0.15) is 0 Å². The van der Waals surface area contributed by atoms with E-state index in [4.69, 9.17) is 5.73 Å². The maximum Gasteiger partial charge on any atom is 0.151 e. The molecule has 0 unspecified atom stereocenters. The third-order valence-corrected chi connectivity index (χ3v) is 1.36. The second-order valence-electron chi connectivity index (χ2n) is 2.01. The lowest BCUT2D eigenvalue weighted by Gasteiger charge is -2.04. The van der Waals surface area contributed by atoms with Gasteiger partial charge in [-0.05, 0) is 12.8 Å². The summed E-state index contributed by atoms with van der Waals surface area (Å²) >= 11 is 0. The van der Waals surface area contributed by atoms with Crippen molar-refractivity contribution in [1.82, 2.24) is 0 Å². The molecule has 2 nitrogen and oxygen atoms in total. The van der Waals surface area contributed by atoms with E-state index in [-0.39, 0.29) is 0 Å². The highest BCUT2D eigenvalue weighted by molar-refractivity contribution is 5.79. The normalized spacial score (nSPS) is 18.2. The number of allylic oxidation sites excluding steroid dienone is 3. The minimum atomic E-state index is 0.622. The maximum atomic E-state index is 10.2. The molecule has 0 atom stereocenters. The number of hydrogen-bond donors (Lipinski definition) is 1. The van der Waals surface area contributed by atoms with E-state index in [0.717, 1.165) is 19.1 Å². The van der Waals surface area contributed by atoms with Crippen molar-refractivity contribution < 1.29 is 4.79 Å².